The van der Waals surface area contributed by atoms with Crippen molar-refractivity contribution < 1.29 is 14.2 Å². The molecule has 0 unspecified atom stereocenters. The number of nitrogens with zero attached hydrogens (tertiary/aromatic N) is 6. The summed E-state index contributed by atoms with van der Waals surface area (Å²) in [5.74, 6) is 3.93. The molecule has 32 heavy (non-hydrogen) atoms. The molecule has 0 bridgehead atoms. The molecule has 0 radical (unpaired) electrons. The third-order valence-electron chi connectivity index (χ3n) is 5.66. The van der Waals surface area contributed by atoms with Crippen molar-refractivity contribution in [2.75, 3.05) is 61.1 Å². The molecule has 10 heteroatoms. The summed E-state index contributed by atoms with van der Waals surface area (Å²) in [4.78, 5) is 9.20. The maximum absolute atomic E-state index is 5.49. The van der Waals surface area contributed by atoms with Gasteiger partial charge >= 0.3 is 0 Å². The molecule has 1 aromatic heterocycles. The number of hydrogen-bond donors (Lipinski definition) is 1. The van der Waals surface area contributed by atoms with Crippen molar-refractivity contribution in [3.8, 4) is 17.2 Å². The summed E-state index contributed by atoms with van der Waals surface area (Å²) in [6.45, 7) is 8.23. The van der Waals surface area contributed by atoms with E-state index in [0.717, 1.165) is 69.6 Å². The number of rotatable bonds is 9. The van der Waals surface area contributed by atoms with Crippen molar-refractivity contribution in [3.05, 3.63) is 29.8 Å². The number of methoxy groups -OCH3 is 3. The second kappa shape index (κ2) is 11.6. The average molecular weight is 446 g/mol. The lowest BCUT2D eigenvalue weighted by Gasteiger charge is -2.36. The SMILES string of the molecule is CCc1nncn1CCNC(=NC)N1CCN(Cc2cc(OC)c(OC)c(OC)c2)CC1. The zero-order chi connectivity index (χ0) is 22.9. The lowest BCUT2D eigenvalue weighted by Crippen LogP contribution is -2.52. The van der Waals surface area contributed by atoms with Crippen LogP contribution in [0.5, 0.6) is 17.2 Å². The predicted molar refractivity (Wildman–Crippen MR) is 124 cm³/mol. The van der Waals surface area contributed by atoms with E-state index in [-0.39, 0.29) is 0 Å². The minimum absolute atomic E-state index is 0.621. The van der Waals surface area contributed by atoms with Gasteiger partial charge in [0.15, 0.2) is 17.5 Å². The zero-order valence-corrected chi connectivity index (χ0v) is 19.8. The highest BCUT2D eigenvalue weighted by atomic mass is 16.5. The van der Waals surface area contributed by atoms with Gasteiger partial charge in [-0.3, -0.25) is 9.89 Å². The van der Waals surface area contributed by atoms with E-state index in [1.165, 1.54) is 0 Å². The number of nitrogens with one attached hydrogen (secondary N) is 1. The highest BCUT2D eigenvalue weighted by Gasteiger charge is 2.21. The van der Waals surface area contributed by atoms with Crippen molar-refractivity contribution in [1.29, 1.82) is 0 Å². The largest absolute Gasteiger partial charge is 0.493 e. The summed E-state index contributed by atoms with van der Waals surface area (Å²) >= 11 is 0. The molecule has 0 amide bonds. The number of guanidine groups is 1. The normalized spacial score (nSPS) is 15.0. The van der Waals surface area contributed by atoms with Crippen LogP contribution < -0.4 is 19.5 Å². The van der Waals surface area contributed by atoms with Crippen LogP contribution in [0.25, 0.3) is 0 Å². The van der Waals surface area contributed by atoms with Crippen LogP contribution in [0, 0.1) is 0 Å². The van der Waals surface area contributed by atoms with E-state index in [2.05, 4.69) is 41.8 Å². The number of aryl methyl sites for hydroxylation is 1. The molecule has 2 heterocycles. The maximum Gasteiger partial charge on any atom is 0.203 e. The molecular formula is C22H35N7O3. The zero-order valence-electron chi connectivity index (χ0n) is 19.8. The van der Waals surface area contributed by atoms with Crippen LogP contribution >= 0.6 is 0 Å². The summed E-state index contributed by atoms with van der Waals surface area (Å²) in [7, 11) is 6.74. The fourth-order valence-corrected chi connectivity index (χ4v) is 3.96. The van der Waals surface area contributed by atoms with Crippen LogP contribution in [0.2, 0.25) is 0 Å². The first-order chi connectivity index (χ1) is 15.6. The highest BCUT2D eigenvalue weighted by molar-refractivity contribution is 5.79. The fourth-order valence-electron chi connectivity index (χ4n) is 3.96. The van der Waals surface area contributed by atoms with Crippen LogP contribution in [-0.2, 0) is 19.5 Å². The first kappa shape index (κ1) is 23.6. The topological polar surface area (TPSA) is 89.3 Å². The van der Waals surface area contributed by atoms with Gasteiger partial charge in [0.2, 0.25) is 5.75 Å². The monoisotopic (exact) mass is 445 g/mol. The number of hydrogen-bond acceptors (Lipinski definition) is 7. The quantitative estimate of drug-likeness (QED) is 0.456. The lowest BCUT2D eigenvalue weighted by atomic mass is 10.1. The van der Waals surface area contributed by atoms with Gasteiger partial charge in [0, 0.05) is 59.3 Å². The van der Waals surface area contributed by atoms with Crippen LogP contribution in [-0.4, -0.2) is 91.6 Å². The van der Waals surface area contributed by atoms with E-state index >= 15 is 0 Å². The van der Waals surface area contributed by atoms with Crippen molar-refractivity contribution in [2.24, 2.45) is 4.99 Å². The predicted octanol–water partition coefficient (Wildman–Crippen LogP) is 1.26. The van der Waals surface area contributed by atoms with Crippen molar-refractivity contribution >= 4 is 5.96 Å². The average Bonchev–Trinajstić information content (AvgIpc) is 3.29. The Morgan fingerprint density at radius 3 is 2.31 bits per heavy atom. The highest BCUT2D eigenvalue weighted by Crippen LogP contribution is 2.38. The molecule has 3 rings (SSSR count). The summed E-state index contributed by atoms with van der Waals surface area (Å²) in [6.07, 6.45) is 2.66. The van der Waals surface area contributed by atoms with Gasteiger partial charge in [0.1, 0.15) is 12.2 Å². The van der Waals surface area contributed by atoms with Crippen molar-refractivity contribution in [3.63, 3.8) is 0 Å². The molecule has 1 aromatic carbocycles. The number of aromatic nitrogens is 3. The van der Waals surface area contributed by atoms with E-state index in [1.54, 1.807) is 27.7 Å². The van der Waals surface area contributed by atoms with E-state index in [4.69, 9.17) is 14.2 Å². The molecule has 1 saturated heterocycles. The van der Waals surface area contributed by atoms with Gasteiger partial charge in [0.05, 0.1) is 21.3 Å². The molecule has 176 valence electrons. The van der Waals surface area contributed by atoms with Gasteiger partial charge in [0.25, 0.3) is 0 Å². The fraction of sp³-hybridized carbons (Fsp3) is 0.591. The summed E-state index contributed by atoms with van der Waals surface area (Å²) in [5, 5.41) is 11.6. The van der Waals surface area contributed by atoms with Gasteiger partial charge in [-0.1, -0.05) is 6.92 Å². The number of piperazine rings is 1. The molecule has 0 saturated carbocycles. The Hall–Kier alpha value is -3.01. The maximum atomic E-state index is 5.49. The summed E-state index contributed by atoms with van der Waals surface area (Å²) in [6, 6.07) is 4.04. The van der Waals surface area contributed by atoms with Crippen LogP contribution in [0.3, 0.4) is 0 Å². The number of aliphatic imine (C=N–C) groups is 1. The standard InChI is InChI=1S/C22H35N7O3/c1-6-20-26-25-16-29(20)8-7-24-22(23-2)28-11-9-27(10-12-28)15-17-13-18(30-3)21(32-5)19(14-17)31-4/h13-14,16H,6-12,15H2,1-5H3,(H,23,24). The molecule has 10 nitrogen and oxygen atoms in total. The molecule has 1 N–H and O–H groups in total. The minimum atomic E-state index is 0.621. The second-order valence-corrected chi connectivity index (χ2v) is 7.56. The van der Waals surface area contributed by atoms with Gasteiger partial charge < -0.3 is 29.0 Å². The van der Waals surface area contributed by atoms with Crippen molar-refractivity contribution in [2.45, 2.75) is 26.4 Å². The van der Waals surface area contributed by atoms with Gasteiger partial charge in [-0.25, -0.2) is 0 Å². The molecule has 0 aliphatic carbocycles. The van der Waals surface area contributed by atoms with Crippen LogP contribution in [0.15, 0.2) is 23.5 Å². The van der Waals surface area contributed by atoms with E-state index in [1.807, 2.05) is 19.2 Å². The van der Waals surface area contributed by atoms with E-state index in [9.17, 15) is 0 Å². The smallest absolute Gasteiger partial charge is 0.203 e. The Morgan fingerprint density at radius 2 is 1.75 bits per heavy atom. The molecule has 0 atom stereocenters. The number of benzene rings is 1. The van der Waals surface area contributed by atoms with Gasteiger partial charge in [-0.15, -0.1) is 10.2 Å². The van der Waals surface area contributed by atoms with Crippen LogP contribution in [0.4, 0.5) is 0 Å². The molecule has 0 spiro atoms. The Balaban J connectivity index is 1.52. The van der Waals surface area contributed by atoms with Crippen molar-refractivity contribution in [1.82, 2.24) is 29.9 Å². The Morgan fingerprint density at radius 1 is 1.06 bits per heavy atom. The second-order valence-electron chi connectivity index (χ2n) is 7.56. The molecular weight excluding hydrogens is 410 g/mol. The summed E-state index contributed by atoms with van der Waals surface area (Å²) in [5.41, 5.74) is 1.14. The van der Waals surface area contributed by atoms with Crippen LogP contribution in [0.1, 0.15) is 18.3 Å². The van der Waals surface area contributed by atoms with E-state index in [0.29, 0.717) is 17.2 Å². The van der Waals surface area contributed by atoms with Gasteiger partial charge in [-0.2, -0.15) is 0 Å². The van der Waals surface area contributed by atoms with E-state index < -0.39 is 0 Å². The molecule has 1 fully saturated rings. The number of ether oxygens (including phenoxy) is 3. The third-order valence-corrected chi connectivity index (χ3v) is 5.66. The minimum Gasteiger partial charge on any atom is -0.493 e. The van der Waals surface area contributed by atoms with Gasteiger partial charge in [-0.05, 0) is 17.7 Å². The summed E-state index contributed by atoms with van der Waals surface area (Å²) < 4.78 is 18.5. The molecule has 1 aliphatic heterocycles. The Labute approximate surface area is 190 Å². The Kier molecular flexibility index (Phi) is 8.55. The third kappa shape index (κ3) is 5.61. The molecule has 1 aliphatic rings. The molecule has 2 aromatic rings. The first-order valence-electron chi connectivity index (χ1n) is 11.0. The lowest BCUT2D eigenvalue weighted by molar-refractivity contribution is 0.172. The first-order valence-corrected chi connectivity index (χ1v) is 11.0. The Bertz CT molecular complexity index is 866.